The van der Waals surface area contributed by atoms with Crippen molar-refractivity contribution in [2.24, 2.45) is 46.3 Å². The second-order valence-electron chi connectivity index (χ2n) is 14.4. The van der Waals surface area contributed by atoms with Gasteiger partial charge in [0.25, 0.3) is 0 Å². The van der Waals surface area contributed by atoms with E-state index >= 15 is 0 Å². The molecule has 0 spiro atoms. The topological polar surface area (TPSA) is 38.3 Å². The lowest BCUT2D eigenvalue weighted by atomic mass is 9.46. The maximum Gasteiger partial charge on any atom is 0.302 e. The van der Waals surface area contributed by atoms with Crippen molar-refractivity contribution >= 4 is 11.7 Å². The van der Waals surface area contributed by atoms with Crippen LogP contribution in [0.5, 0.6) is 0 Å². The van der Waals surface area contributed by atoms with Crippen molar-refractivity contribution in [3.63, 3.8) is 0 Å². The van der Waals surface area contributed by atoms with Crippen molar-refractivity contribution in [1.82, 2.24) is 0 Å². The molecule has 0 heterocycles. The molecule has 3 fully saturated rings. The first-order valence-electron chi connectivity index (χ1n) is 15.8. The number of hydrogen-bond donors (Lipinski definition) is 1. The predicted octanol–water partition coefficient (Wildman–Crippen LogP) is 9.05. The molecule has 4 aliphatic rings. The average molecular weight is 520 g/mol. The Kier molecular flexibility index (Phi) is 8.05. The molecular formula is C35H53NO2. The van der Waals surface area contributed by atoms with Gasteiger partial charge in [-0.05, 0) is 97.0 Å². The fourth-order valence-electron chi connectivity index (χ4n) is 9.88. The molecule has 0 unspecified atom stereocenters. The van der Waals surface area contributed by atoms with Crippen LogP contribution in [0.15, 0.2) is 42.0 Å². The summed E-state index contributed by atoms with van der Waals surface area (Å²) < 4.78 is 5.75. The number of carbonyl (C=O) groups excluding carboxylic acids is 1. The molecule has 0 bridgehead atoms. The molecule has 1 aromatic carbocycles. The normalized spacial score (nSPS) is 39.0. The summed E-state index contributed by atoms with van der Waals surface area (Å²) in [6, 6.07) is 11.2. The lowest BCUT2D eigenvalue weighted by molar-refractivity contribution is -0.148. The molecular weight excluding hydrogens is 466 g/mol. The summed E-state index contributed by atoms with van der Waals surface area (Å²) in [7, 11) is 0. The summed E-state index contributed by atoms with van der Waals surface area (Å²) in [5, 5.41) is 4.02. The van der Waals surface area contributed by atoms with Crippen molar-refractivity contribution in [3.05, 3.63) is 42.0 Å². The summed E-state index contributed by atoms with van der Waals surface area (Å²) in [4.78, 5) is 11.8. The number of ether oxygens (including phenoxy) is 1. The van der Waals surface area contributed by atoms with E-state index in [0.29, 0.717) is 23.3 Å². The minimum absolute atomic E-state index is 0.0390. The fourth-order valence-corrected chi connectivity index (χ4v) is 9.88. The van der Waals surface area contributed by atoms with Crippen LogP contribution in [0, 0.1) is 46.3 Å². The number of para-hydroxylation sites is 1. The Morgan fingerprint density at radius 2 is 1.76 bits per heavy atom. The first kappa shape index (κ1) is 27.8. The van der Waals surface area contributed by atoms with Gasteiger partial charge in [0.2, 0.25) is 0 Å². The Morgan fingerprint density at radius 3 is 2.47 bits per heavy atom. The molecule has 1 aromatic rings. The number of fused-ring (bicyclic) bond motifs is 5. The van der Waals surface area contributed by atoms with Crippen molar-refractivity contribution in [2.45, 2.75) is 118 Å². The van der Waals surface area contributed by atoms with Gasteiger partial charge in [-0.15, -0.1) is 0 Å². The summed E-state index contributed by atoms with van der Waals surface area (Å²) in [6.45, 7) is 14.1. The lowest BCUT2D eigenvalue weighted by Gasteiger charge is -2.60. The minimum atomic E-state index is -0.139. The summed E-state index contributed by atoms with van der Waals surface area (Å²) in [5.41, 5.74) is 3.46. The van der Waals surface area contributed by atoms with Crippen LogP contribution in [0.3, 0.4) is 0 Å². The summed E-state index contributed by atoms with van der Waals surface area (Å²) in [6.07, 6.45) is 15.4. The van der Waals surface area contributed by atoms with Gasteiger partial charge in [0.05, 0.1) is 0 Å². The van der Waals surface area contributed by atoms with Gasteiger partial charge in [0.1, 0.15) is 6.10 Å². The van der Waals surface area contributed by atoms with Crippen LogP contribution < -0.4 is 5.32 Å². The van der Waals surface area contributed by atoms with Crippen molar-refractivity contribution in [2.75, 3.05) is 5.32 Å². The summed E-state index contributed by atoms with van der Waals surface area (Å²) >= 11 is 0. The van der Waals surface area contributed by atoms with E-state index in [1.54, 1.807) is 12.5 Å². The third kappa shape index (κ3) is 5.20. The molecule has 3 heteroatoms. The van der Waals surface area contributed by atoms with Crippen LogP contribution in [0.25, 0.3) is 0 Å². The maximum absolute atomic E-state index is 11.8. The van der Waals surface area contributed by atoms with E-state index in [2.05, 4.69) is 76.3 Å². The molecule has 4 aliphatic carbocycles. The molecule has 3 saturated carbocycles. The molecule has 38 heavy (non-hydrogen) atoms. The van der Waals surface area contributed by atoms with Gasteiger partial charge in [-0.2, -0.15) is 0 Å². The van der Waals surface area contributed by atoms with Gasteiger partial charge >= 0.3 is 5.97 Å². The minimum Gasteiger partial charge on any atom is -0.462 e. The zero-order valence-corrected chi connectivity index (χ0v) is 25.0. The zero-order valence-electron chi connectivity index (χ0n) is 25.0. The third-order valence-corrected chi connectivity index (χ3v) is 11.8. The smallest absolute Gasteiger partial charge is 0.302 e. The number of anilines is 1. The Bertz CT molecular complexity index is 1000. The number of hydrogen-bond acceptors (Lipinski definition) is 3. The molecule has 0 saturated heterocycles. The van der Waals surface area contributed by atoms with E-state index in [1.165, 1.54) is 50.6 Å². The molecule has 0 amide bonds. The number of carbonyl (C=O) groups is 1. The van der Waals surface area contributed by atoms with E-state index in [4.69, 9.17) is 4.74 Å². The van der Waals surface area contributed by atoms with Gasteiger partial charge in [-0.25, -0.2) is 0 Å². The number of benzene rings is 1. The third-order valence-electron chi connectivity index (χ3n) is 11.8. The number of rotatable bonds is 8. The van der Waals surface area contributed by atoms with Gasteiger partial charge < -0.3 is 10.1 Å². The van der Waals surface area contributed by atoms with Gasteiger partial charge in [0, 0.05) is 25.1 Å². The molecule has 210 valence electrons. The monoisotopic (exact) mass is 519 g/mol. The average Bonchev–Trinajstić information content (AvgIpc) is 3.22. The molecule has 0 aromatic heterocycles. The predicted molar refractivity (Wildman–Crippen MR) is 158 cm³/mol. The quantitative estimate of drug-likeness (QED) is 0.275. The lowest BCUT2D eigenvalue weighted by Crippen LogP contribution is -2.56. The van der Waals surface area contributed by atoms with Crippen LogP contribution >= 0.6 is 0 Å². The Hall–Kier alpha value is -1.77. The van der Waals surface area contributed by atoms with Gasteiger partial charge in [0.15, 0.2) is 0 Å². The van der Waals surface area contributed by atoms with E-state index < -0.39 is 0 Å². The standard InChI is InChI=1S/C35H53NO2/c1-23(2)11-10-12-24(3)29-15-16-30-33-31(18-20-35(29,30)6)34(5)19-17-28(38-25(4)37)21-26(34)22-32(33)36-27-13-8-7-9-14-27/h7-9,13-14,22-24,28-33,36H,10-12,15-21H2,1-6H3/t24-,28-,29-,30+,31+,32+,33+,34-,35-/m0/s1. The van der Waals surface area contributed by atoms with Crippen LogP contribution in [0.4, 0.5) is 5.69 Å². The molecule has 0 aliphatic heterocycles. The molecule has 3 nitrogen and oxygen atoms in total. The van der Waals surface area contributed by atoms with Crippen LogP contribution in [0.1, 0.15) is 106 Å². The Labute approximate surface area is 232 Å². The van der Waals surface area contributed by atoms with Gasteiger partial charge in [-0.3, -0.25) is 4.79 Å². The van der Waals surface area contributed by atoms with E-state index in [0.717, 1.165) is 42.9 Å². The molecule has 5 rings (SSSR count). The highest BCUT2D eigenvalue weighted by molar-refractivity contribution is 5.66. The van der Waals surface area contributed by atoms with Crippen molar-refractivity contribution in [3.8, 4) is 0 Å². The molecule has 0 radical (unpaired) electrons. The first-order chi connectivity index (χ1) is 18.1. The fraction of sp³-hybridized carbons (Fsp3) is 0.743. The largest absolute Gasteiger partial charge is 0.462 e. The molecule has 1 N–H and O–H groups in total. The highest BCUT2D eigenvalue weighted by atomic mass is 16.5. The van der Waals surface area contributed by atoms with E-state index in [-0.39, 0.29) is 17.5 Å². The number of nitrogens with one attached hydrogen (secondary N) is 1. The SMILES string of the molecule is CC(=O)O[C@H]1CC[C@@]2(C)C(=C[C@@H](Nc3ccccc3)[C@@H]3[C@H]4CC[C@@H]([C@@H](C)CCCC(C)C)[C@]4(C)CC[C@H]32)C1. The summed E-state index contributed by atoms with van der Waals surface area (Å²) in [5.74, 6) is 4.51. The van der Waals surface area contributed by atoms with Crippen molar-refractivity contribution < 1.29 is 9.53 Å². The van der Waals surface area contributed by atoms with Crippen LogP contribution in [0.2, 0.25) is 0 Å². The first-order valence-corrected chi connectivity index (χ1v) is 15.8. The number of esters is 1. The van der Waals surface area contributed by atoms with Crippen molar-refractivity contribution in [1.29, 1.82) is 0 Å². The van der Waals surface area contributed by atoms with Gasteiger partial charge in [-0.1, -0.05) is 83.7 Å². The highest BCUT2D eigenvalue weighted by Gasteiger charge is 2.61. The zero-order chi connectivity index (χ0) is 27.1. The second-order valence-corrected chi connectivity index (χ2v) is 14.4. The van der Waals surface area contributed by atoms with Crippen LogP contribution in [-0.2, 0) is 9.53 Å². The van der Waals surface area contributed by atoms with E-state index in [1.807, 2.05) is 0 Å². The van der Waals surface area contributed by atoms with Crippen LogP contribution in [-0.4, -0.2) is 18.1 Å². The maximum atomic E-state index is 11.8. The Morgan fingerprint density at radius 1 is 1.00 bits per heavy atom. The Balaban J connectivity index is 1.44. The second kappa shape index (κ2) is 11.0. The molecule has 9 atom stereocenters. The highest BCUT2D eigenvalue weighted by Crippen LogP contribution is 2.67. The van der Waals surface area contributed by atoms with E-state index in [9.17, 15) is 4.79 Å².